The number of rotatable bonds is 6. The maximum atomic E-state index is 3.70. The third-order valence-electron chi connectivity index (χ3n) is 1.46. The Balaban J connectivity index is 3.85. The molecule has 0 unspecified atom stereocenters. The lowest BCUT2D eigenvalue weighted by atomic mass is 10.0. The van der Waals surface area contributed by atoms with Crippen molar-refractivity contribution in [3.8, 4) is 0 Å². The van der Waals surface area contributed by atoms with E-state index in [0.717, 1.165) is 12.8 Å². The molecule has 0 heteroatoms. The van der Waals surface area contributed by atoms with Crippen LogP contribution in [0.5, 0.6) is 0 Å². The molecule has 0 aromatic heterocycles. The highest BCUT2D eigenvalue weighted by Crippen LogP contribution is 2.11. The Morgan fingerprint density at radius 1 is 1.00 bits per heavy atom. The minimum atomic E-state index is 0.544. The summed E-state index contributed by atoms with van der Waals surface area (Å²) in [6, 6.07) is 0. The molecule has 60 valence electrons. The molecule has 0 bridgehead atoms. The van der Waals surface area contributed by atoms with Gasteiger partial charge in [0.05, 0.1) is 0 Å². The van der Waals surface area contributed by atoms with E-state index in [0.29, 0.717) is 5.92 Å². The molecule has 0 amide bonds. The minimum Gasteiger partial charge on any atom is -0.103 e. The highest BCUT2D eigenvalue weighted by molar-refractivity contribution is 5.02. The lowest BCUT2D eigenvalue weighted by molar-refractivity contribution is 0.677. The molecule has 0 atom stereocenters. The third-order valence-corrected chi connectivity index (χ3v) is 1.46. The standard InChI is InChI=1S/C11H16/c1-4-7-10-11(8-5-2)9-6-3/h4-7,10-11H,1-3,8-9H2. The number of hydrogen-bond acceptors (Lipinski definition) is 0. The third kappa shape index (κ3) is 5.41. The van der Waals surface area contributed by atoms with Crippen LogP contribution in [-0.4, -0.2) is 0 Å². The highest BCUT2D eigenvalue weighted by atomic mass is 14.0. The molecule has 0 N–H and O–H groups in total. The van der Waals surface area contributed by atoms with Gasteiger partial charge in [-0.2, -0.15) is 0 Å². The van der Waals surface area contributed by atoms with Gasteiger partial charge in [-0.3, -0.25) is 0 Å². The molecule has 0 radical (unpaired) electrons. The average molecular weight is 148 g/mol. The monoisotopic (exact) mass is 148 g/mol. The van der Waals surface area contributed by atoms with Crippen LogP contribution in [0.4, 0.5) is 0 Å². The van der Waals surface area contributed by atoms with Crippen LogP contribution in [0, 0.1) is 5.92 Å². The van der Waals surface area contributed by atoms with Crippen molar-refractivity contribution in [3.05, 3.63) is 50.1 Å². The first-order valence-corrected chi connectivity index (χ1v) is 3.86. The second-order valence-corrected chi connectivity index (χ2v) is 2.43. The van der Waals surface area contributed by atoms with Crippen molar-refractivity contribution >= 4 is 0 Å². The van der Waals surface area contributed by atoms with Gasteiger partial charge in [-0.25, -0.2) is 0 Å². The van der Waals surface area contributed by atoms with Crippen LogP contribution in [-0.2, 0) is 0 Å². The average Bonchev–Trinajstić information content (AvgIpc) is 2.01. The van der Waals surface area contributed by atoms with E-state index in [2.05, 4.69) is 25.8 Å². The summed E-state index contributed by atoms with van der Waals surface area (Å²) >= 11 is 0. The Bertz CT molecular complexity index is 141. The predicted molar refractivity (Wildman–Crippen MR) is 52.5 cm³/mol. The number of hydrogen-bond donors (Lipinski definition) is 0. The lowest BCUT2D eigenvalue weighted by Crippen LogP contribution is -1.91. The molecule has 0 spiro atoms. The van der Waals surface area contributed by atoms with Crippen LogP contribution in [0.25, 0.3) is 0 Å². The van der Waals surface area contributed by atoms with Crippen molar-refractivity contribution in [2.45, 2.75) is 12.8 Å². The van der Waals surface area contributed by atoms with Gasteiger partial charge < -0.3 is 0 Å². The summed E-state index contributed by atoms with van der Waals surface area (Å²) in [5.74, 6) is 0.544. The molecule has 0 aliphatic carbocycles. The fourth-order valence-electron chi connectivity index (χ4n) is 0.917. The van der Waals surface area contributed by atoms with Gasteiger partial charge in [-0.1, -0.05) is 37.0 Å². The Morgan fingerprint density at radius 3 is 1.91 bits per heavy atom. The molecule has 0 aliphatic rings. The molecule has 0 aromatic rings. The van der Waals surface area contributed by atoms with Crippen molar-refractivity contribution in [2.24, 2.45) is 5.92 Å². The highest BCUT2D eigenvalue weighted by Gasteiger charge is 1.97. The van der Waals surface area contributed by atoms with Crippen LogP contribution in [0.3, 0.4) is 0 Å². The van der Waals surface area contributed by atoms with E-state index in [9.17, 15) is 0 Å². The first-order chi connectivity index (χ1) is 5.35. The van der Waals surface area contributed by atoms with Crippen molar-refractivity contribution in [1.29, 1.82) is 0 Å². The van der Waals surface area contributed by atoms with Gasteiger partial charge in [0.1, 0.15) is 0 Å². The summed E-state index contributed by atoms with van der Waals surface area (Å²) in [7, 11) is 0. The molecule has 0 heterocycles. The predicted octanol–water partition coefficient (Wildman–Crippen LogP) is 3.50. The van der Waals surface area contributed by atoms with Crippen LogP contribution in [0.15, 0.2) is 50.1 Å². The zero-order valence-corrected chi connectivity index (χ0v) is 7.00. The van der Waals surface area contributed by atoms with Gasteiger partial charge in [0.2, 0.25) is 0 Å². The zero-order chi connectivity index (χ0) is 8.53. The summed E-state index contributed by atoms with van der Waals surface area (Å²) < 4.78 is 0. The van der Waals surface area contributed by atoms with Crippen LogP contribution < -0.4 is 0 Å². The molecular weight excluding hydrogens is 132 g/mol. The first-order valence-electron chi connectivity index (χ1n) is 3.86. The van der Waals surface area contributed by atoms with Crippen molar-refractivity contribution in [3.63, 3.8) is 0 Å². The Kier molecular flexibility index (Phi) is 6.40. The van der Waals surface area contributed by atoms with Crippen molar-refractivity contribution < 1.29 is 0 Å². The van der Waals surface area contributed by atoms with Crippen molar-refractivity contribution in [2.75, 3.05) is 0 Å². The molecule has 0 fully saturated rings. The molecule has 0 aliphatic heterocycles. The van der Waals surface area contributed by atoms with Gasteiger partial charge >= 0.3 is 0 Å². The smallest absolute Gasteiger partial charge is 0.0161 e. The summed E-state index contributed by atoms with van der Waals surface area (Å²) in [5, 5.41) is 0. The van der Waals surface area contributed by atoms with Gasteiger partial charge in [0, 0.05) is 0 Å². The van der Waals surface area contributed by atoms with Gasteiger partial charge in [0.15, 0.2) is 0 Å². The summed E-state index contributed by atoms with van der Waals surface area (Å²) in [4.78, 5) is 0. The minimum absolute atomic E-state index is 0.544. The normalized spacial score (nSPS) is 10.3. The number of allylic oxidation sites excluding steroid dienone is 5. The maximum absolute atomic E-state index is 3.70. The van der Waals surface area contributed by atoms with Gasteiger partial charge in [-0.05, 0) is 18.8 Å². The SMILES string of the molecule is C=CC=CC(CC=C)CC=C. The molecule has 11 heavy (non-hydrogen) atoms. The van der Waals surface area contributed by atoms with Crippen molar-refractivity contribution in [1.82, 2.24) is 0 Å². The van der Waals surface area contributed by atoms with E-state index in [-0.39, 0.29) is 0 Å². The Hall–Kier alpha value is -1.04. The van der Waals surface area contributed by atoms with Crippen LogP contribution >= 0.6 is 0 Å². The Morgan fingerprint density at radius 2 is 1.55 bits per heavy atom. The van der Waals surface area contributed by atoms with E-state index >= 15 is 0 Å². The topological polar surface area (TPSA) is 0 Å². The van der Waals surface area contributed by atoms with Gasteiger partial charge in [-0.15, -0.1) is 13.2 Å². The quantitative estimate of drug-likeness (QED) is 0.399. The summed E-state index contributed by atoms with van der Waals surface area (Å²) in [6.45, 7) is 11.0. The fourth-order valence-corrected chi connectivity index (χ4v) is 0.917. The van der Waals surface area contributed by atoms with E-state index in [4.69, 9.17) is 0 Å². The molecule has 0 nitrogen and oxygen atoms in total. The molecular formula is C11H16. The van der Waals surface area contributed by atoms with Crippen LogP contribution in [0.1, 0.15) is 12.8 Å². The second-order valence-electron chi connectivity index (χ2n) is 2.43. The molecule has 0 saturated carbocycles. The first kappa shape index (κ1) is 9.96. The van der Waals surface area contributed by atoms with E-state index < -0.39 is 0 Å². The van der Waals surface area contributed by atoms with E-state index in [1.807, 2.05) is 18.2 Å². The second kappa shape index (κ2) is 7.07. The zero-order valence-electron chi connectivity index (χ0n) is 7.00. The van der Waals surface area contributed by atoms with Crippen LogP contribution in [0.2, 0.25) is 0 Å². The van der Waals surface area contributed by atoms with Gasteiger partial charge in [0.25, 0.3) is 0 Å². The molecule has 0 saturated heterocycles. The maximum Gasteiger partial charge on any atom is -0.0161 e. The summed E-state index contributed by atoms with van der Waals surface area (Å²) in [5.41, 5.74) is 0. The summed E-state index contributed by atoms with van der Waals surface area (Å²) in [6.07, 6.45) is 11.8. The van der Waals surface area contributed by atoms with E-state index in [1.165, 1.54) is 0 Å². The Labute approximate surface area is 69.6 Å². The molecule has 0 rings (SSSR count). The molecule has 0 aromatic carbocycles. The fraction of sp³-hybridized carbons (Fsp3) is 0.273. The van der Waals surface area contributed by atoms with E-state index in [1.54, 1.807) is 6.08 Å². The lowest BCUT2D eigenvalue weighted by Gasteiger charge is -2.04. The largest absolute Gasteiger partial charge is 0.103 e.